The van der Waals surface area contributed by atoms with Crippen LogP contribution in [0.5, 0.6) is 5.75 Å². The maximum Gasteiger partial charge on any atom is 0.221 e. The normalized spacial score (nSPS) is 34.6. The van der Waals surface area contributed by atoms with Gasteiger partial charge in [-0.2, -0.15) is 0 Å². The van der Waals surface area contributed by atoms with Gasteiger partial charge in [-0.1, -0.05) is 0 Å². The maximum atomic E-state index is 11.6. The number of piperidine rings is 1. The second kappa shape index (κ2) is 5.70. The Morgan fingerprint density at radius 2 is 1.96 bits per heavy atom. The third kappa shape index (κ3) is 2.73. The van der Waals surface area contributed by atoms with E-state index >= 15 is 0 Å². The summed E-state index contributed by atoms with van der Waals surface area (Å²) < 4.78 is 6.24. The molecule has 0 radical (unpaired) electrons. The van der Waals surface area contributed by atoms with E-state index in [1.54, 1.807) is 0 Å². The summed E-state index contributed by atoms with van der Waals surface area (Å²) in [5.74, 6) is 2.33. The van der Waals surface area contributed by atoms with Crippen molar-refractivity contribution < 1.29 is 9.53 Å². The van der Waals surface area contributed by atoms with Crippen LogP contribution >= 0.6 is 0 Å². The minimum Gasteiger partial charge on any atom is -0.490 e. The highest BCUT2D eigenvalue weighted by atomic mass is 16.5. The first kappa shape index (κ1) is 16.8. The third-order valence-electron chi connectivity index (χ3n) is 6.57. The van der Waals surface area contributed by atoms with Crippen LogP contribution in [0.3, 0.4) is 0 Å². The van der Waals surface area contributed by atoms with E-state index in [0.717, 1.165) is 5.75 Å². The van der Waals surface area contributed by atoms with E-state index in [1.165, 1.54) is 18.4 Å². The molecule has 5 heteroatoms. The highest BCUT2D eigenvalue weighted by Crippen LogP contribution is 2.60. The lowest BCUT2D eigenvalue weighted by Gasteiger charge is -2.43. The maximum absolute atomic E-state index is 11.6. The molecular weight excluding hydrogens is 314 g/mol. The molecule has 3 fully saturated rings. The van der Waals surface area contributed by atoms with E-state index in [0.29, 0.717) is 36.4 Å². The quantitative estimate of drug-likeness (QED) is 0.862. The molecule has 2 heterocycles. The van der Waals surface area contributed by atoms with Gasteiger partial charge in [0.2, 0.25) is 5.91 Å². The minimum atomic E-state index is -0.133. The summed E-state index contributed by atoms with van der Waals surface area (Å²) in [7, 11) is 0. The molecule has 2 aliphatic carbocycles. The Balaban J connectivity index is 1.45. The van der Waals surface area contributed by atoms with Gasteiger partial charge in [0.15, 0.2) is 0 Å². The lowest BCUT2D eigenvalue weighted by Crippen LogP contribution is -2.55. The molecule has 1 saturated heterocycles. The molecule has 25 heavy (non-hydrogen) atoms. The highest BCUT2D eigenvalue weighted by Gasteiger charge is 2.67. The summed E-state index contributed by atoms with van der Waals surface area (Å²) in [5, 5.41) is 0. The van der Waals surface area contributed by atoms with Gasteiger partial charge in [0.05, 0.1) is 6.20 Å². The number of amides is 1. The Morgan fingerprint density at radius 3 is 2.52 bits per heavy atom. The number of nitrogens with two attached hydrogens (primary N) is 1. The van der Waals surface area contributed by atoms with Crippen LogP contribution < -0.4 is 10.5 Å². The van der Waals surface area contributed by atoms with Crippen LogP contribution in [0.25, 0.3) is 0 Å². The number of carbonyl (C=O) groups excluding carboxylic acids is 1. The Hall–Kier alpha value is -1.62. The van der Waals surface area contributed by atoms with Gasteiger partial charge < -0.3 is 10.5 Å². The van der Waals surface area contributed by atoms with Crippen LogP contribution in [0.4, 0.5) is 0 Å². The summed E-state index contributed by atoms with van der Waals surface area (Å²) in [5.41, 5.74) is 6.75. The molecule has 1 aliphatic heterocycles. The van der Waals surface area contributed by atoms with Crippen molar-refractivity contribution in [1.82, 2.24) is 9.88 Å². The van der Waals surface area contributed by atoms with Crippen molar-refractivity contribution in [3.63, 3.8) is 0 Å². The number of ether oxygens (including phenoxy) is 1. The number of hydrogen-bond donors (Lipinski definition) is 1. The lowest BCUT2D eigenvalue weighted by molar-refractivity contribution is -0.121. The van der Waals surface area contributed by atoms with Crippen LogP contribution in [0.1, 0.15) is 52.0 Å². The van der Waals surface area contributed by atoms with Crippen molar-refractivity contribution in [2.45, 2.75) is 64.1 Å². The molecule has 4 atom stereocenters. The summed E-state index contributed by atoms with van der Waals surface area (Å²) in [6.07, 6.45) is 6.21. The summed E-state index contributed by atoms with van der Waals surface area (Å²) in [4.78, 5) is 18.4. The van der Waals surface area contributed by atoms with Gasteiger partial charge >= 0.3 is 0 Å². The zero-order valence-electron chi connectivity index (χ0n) is 15.6. The summed E-state index contributed by atoms with van der Waals surface area (Å²) >= 11 is 0. The SMILES string of the molecule is CC1C2C(C(N)=O)C2C(C)N1C(C)(C)COc1cnccc1C1CC1. The van der Waals surface area contributed by atoms with Crippen molar-refractivity contribution >= 4 is 5.91 Å². The van der Waals surface area contributed by atoms with E-state index in [4.69, 9.17) is 10.5 Å². The molecule has 3 aliphatic rings. The van der Waals surface area contributed by atoms with Crippen molar-refractivity contribution in [1.29, 1.82) is 0 Å². The number of aromatic nitrogens is 1. The smallest absolute Gasteiger partial charge is 0.221 e. The number of rotatable bonds is 6. The van der Waals surface area contributed by atoms with Crippen molar-refractivity contribution in [2.24, 2.45) is 23.5 Å². The number of primary amides is 1. The zero-order chi connectivity index (χ0) is 17.9. The fraction of sp³-hybridized carbons (Fsp3) is 0.700. The number of nitrogens with zero attached hydrogens (tertiary/aromatic N) is 2. The average molecular weight is 343 g/mol. The lowest BCUT2D eigenvalue weighted by atomic mass is 9.97. The molecule has 2 N–H and O–H groups in total. The first-order valence-electron chi connectivity index (χ1n) is 9.47. The molecular formula is C20H29N3O2. The van der Waals surface area contributed by atoms with Gasteiger partial charge in [-0.3, -0.25) is 14.7 Å². The number of carbonyl (C=O) groups is 1. The first-order valence-corrected chi connectivity index (χ1v) is 9.47. The molecule has 0 spiro atoms. The fourth-order valence-corrected chi connectivity index (χ4v) is 5.40. The van der Waals surface area contributed by atoms with Crippen molar-refractivity contribution in [3.8, 4) is 5.75 Å². The van der Waals surface area contributed by atoms with E-state index in [2.05, 4.69) is 43.6 Å². The van der Waals surface area contributed by atoms with Crippen LogP contribution in [0.2, 0.25) is 0 Å². The molecule has 4 unspecified atom stereocenters. The van der Waals surface area contributed by atoms with E-state index in [9.17, 15) is 4.79 Å². The standard InChI is InChI=1S/C20H29N3O2/c1-11-16-17(18(16)19(21)24)12(2)23(11)20(3,4)10-25-15-9-22-8-7-14(15)13-5-6-13/h7-9,11-13,16-18H,5-6,10H2,1-4H3,(H2,21,24). The molecule has 0 bridgehead atoms. The number of fused-ring (bicyclic) bond motifs is 1. The number of hydrogen-bond acceptors (Lipinski definition) is 4. The first-order chi connectivity index (χ1) is 11.8. The zero-order valence-corrected chi connectivity index (χ0v) is 15.6. The average Bonchev–Trinajstić information content (AvgIpc) is 3.44. The van der Waals surface area contributed by atoms with Crippen molar-refractivity contribution in [3.05, 3.63) is 24.0 Å². The molecule has 2 saturated carbocycles. The Labute approximate surface area is 149 Å². The van der Waals surface area contributed by atoms with Crippen molar-refractivity contribution in [2.75, 3.05) is 6.61 Å². The van der Waals surface area contributed by atoms with Gasteiger partial charge in [0.1, 0.15) is 12.4 Å². The van der Waals surface area contributed by atoms with Gasteiger partial charge in [-0.05, 0) is 64.4 Å². The molecule has 4 rings (SSSR count). The molecule has 1 amide bonds. The second-order valence-electron chi connectivity index (χ2n) is 8.76. The fourth-order valence-electron chi connectivity index (χ4n) is 5.40. The number of likely N-dealkylation sites (tertiary alicyclic amines) is 1. The Morgan fingerprint density at radius 1 is 1.32 bits per heavy atom. The molecule has 1 aromatic rings. The monoisotopic (exact) mass is 343 g/mol. The summed E-state index contributed by atoms with van der Waals surface area (Å²) in [6, 6.07) is 2.80. The largest absolute Gasteiger partial charge is 0.490 e. The van der Waals surface area contributed by atoms with Crippen LogP contribution in [-0.2, 0) is 4.79 Å². The van der Waals surface area contributed by atoms with Crippen LogP contribution in [-0.4, -0.2) is 40.0 Å². The predicted molar refractivity (Wildman–Crippen MR) is 96.2 cm³/mol. The topological polar surface area (TPSA) is 68.5 Å². The van der Waals surface area contributed by atoms with E-state index in [1.807, 2.05) is 12.4 Å². The Kier molecular flexibility index (Phi) is 3.83. The molecule has 5 nitrogen and oxygen atoms in total. The highest BCUT2D eigenvalue weighted by molar-refractivity contribution is 5.81. The molecule has 136 valence electrons. The molecule has 0 aromatic carbocycles. The van der Waals surface area contributed by atoms with Gasteiger partial charge in [0.25, 0.3) is 0 Å². The third-order valence-corrected chi connectivity index (χ3v) is 6.57. The number of pyridine rings is 1. The van der Waals surface area contributed by atoms with E-state index in [-0.39, 0.29) is 17.4 Å². The predicted octanol–water partition coefficient (Wildman–Crippen LogP) is 2.56. The minimum absolute atomic E-state index is 0.0674. The van der Waals surface area contributed by atoms with Gasteiger partial charge in [-0.25, -0.2) is 0 Å². The van der Waals surface area contributed by atoms with E-state index < -0.39 is 0 Å². The van der Waals surface area contributed by atoms with Gasteiger partial charge in [0, 0.05) is 35.3 Å². The Bertz CT molecular complexity index is 669. The second-order valence-corrected chi connectivity index (χ2v) is 8.76. The van der Waals surface area contributed by atoms with Crippen LogP contribution in [0.15, 0.2) is 18.5 Å². The summed E-state index contributed by atoms with van der Waals surface area (Å²) in [6.45, 7) is 9.54. The molecule has 1 aromatic heterocycles. The van der Waals surface area contributed by atoms with Crippen LogP contribution in [0, 0.1) is 17.8 Å². The van der Waals surface area contributed by atoms with Gasteiger partial charge in [-0.15, -0.1) is 0 Å².